The first-order valence-electron chi connectivity index (χ1n) is 11.0. The number of nitrogens with zero attached hydrogens (tertiary/aromatic N) is 4. The summed E-state index contributed by atoms with van der Waals surface area (Å²) in [5.41, 5.74) is 3.82. The largest absolute Gasteiger partial charge is 0.340 e. The van der Waals surface area contributed by atoms with Gasteiger partial charge < -0.3 is 10.6 Å². The van der Waals surface area contributed by atoms with E-state index in [0.717, 1.165) is 11.1 Å². The molecule has 2 N–H and O–H groups in total. The highest BCUT2D eigenvalue weighted by Gasteiger charge is 2.27. The molecule has 5 aromatic rings. The van der Waals surface area contributed by atoms with Gasteiger partial charge in [0.05, 0.1) is 10.4 Å². The second kappa shape index (κ2) is 8.89. The van der Waals surface area contributed by atoms with Crippen molar-refractivity contribution in [1.29, 1.82) is 0 Å². The van der Waals surface area contributed by atoms with Crippen LogP contribution in [0.15, 0.2) is 70.6 Å². The number of aromatic nitrogens is 4. The molecule has 0 unspecified atom stereocenters. The average molecular weight is 521 g/mol. The maximum atomic E-state index is 13.5. The number of carbonyl (C=O) groups excluding carboxylic acids is 1. The molecule has 0 spiro atoms. The summed E-state index contributed by atoms with van der Waals surface area (Å²) >= 11 is 6.26. The second-order valence-electron chi connectivity index (χ2n) is 8.38. The van der Waals surface area contributed by atoms with E-state index in [9.17, 15) is 13.2 Å². The minimum atomic E-state index is -4.00. The molecule has 11 heteroatoms. The van der Waals surface area contributed by atoms with E-state index in [0.29, 0.717) is 33.1 Å². The predicted molar refractivity (Wildman–Crippen MR) is 139 cm³/mol. The van der Waals surface area contributed by atoms with Gasteiger partial charge in [-0.05, 0) is 79.6 Å². The van der Waals surface area contributed by atoms with E-state index in [2.05, 4.69) is 25.9 Å². The Morgan fingerprint density at radius 1 is 0.944 bits per heavy atom. The molecule has 2 aromatic heterocycles. The summed E-state index contributed by atoms with van der Waals surface area (Å²) in [4.78, 5) is 16.0. The van der Waals surface area contributed by atoms with E-state index in [4.69, 9.17) is 11.6 Å². The van der Waals surface area contributed by atoms with Crippen LogP contribution in [0.1, 0.15) is 18.1 Å². The molecule has 182 valence electrons. The average Bonchev–Trinajstić information content (AvgIpc) is 3.26. The topological polar surface area (TPSA) is 118 Å². The minimum absolute atomic E-state index is 0.0837. The maximum absolute atomic E-state index is 13.5. The van der Waals surface area contributed by atoms with Crippen molar-refractivity contribution in [3.8, 4) is 0 Å². The molecular weight excluding hydrogens is 500 g/mol. The summed E-state index contributed by atoms with van der Waals surface area (Å²) in [6, 6.07) is 17.1. The lowest BCUT2D eigenvalue weighted by Gasteiger charge is -2.12. The number of amides is 1. The second-order valence-corrected chi connectivity index (χ2v) is 10.7. The predicted octanol–water partition coefficient (Wildman–Crippen LogP) is 5.08. The van der Waals surface area contributed by atoms with Crippen molar-refractivity contribution in [3.05, 3.63) is 76.8 Å². The molecule has 5 rings (SSSR count). The van der Waals surface area contributed by atoms with Crippen molar-refractivity contribution in [2.24, 2.45) is 0 Å². The van der Waals surface area contributed by atoms with Gasteiger partial charge in [0, 0.05) is 28.7 Å². The highest BCUT2D eigenvalue weighted by atomic mass is 35.5. The summed E-state index contributed by atoms with van der Waals surface area (Å²) in [5, 5.41) is 14.9. The highest BCUT2D eigenvalue weighted by molar-refractivity contribution is 7.91. The number of fused-ring (bicyclic) bond motifs is 3. The van der Waals surface area contributed by atoms with Crippen molar-refractivity contribution in [3.63, 3.8) is 0 Å². The van der Waals surface area contributed by atoms with Gasteiger partial charge in [-0.3, -0.25) is 4.79 Å². The van der Waals surface area contributed by atoms with E-state index in [1.165, 1.54) is 11.4 Å². The molecule has 0 atom stereocenters. The van der Waals surface area contributed by atoms with Crippen LogP contribution >= 0.6 is 11.6 Å². The van der Waals surface area contributed by atoms with Gasteiger partial charge in [-0.2, -0.15) is 4.52 Å². The Labute approximate surface area is 212 Å². The van der Waals surface area contributed by atoms with Crippen LogP contribution in [0.4, 0.5) is 17.2 Å². The van der Waals surface area contributed by atoms with Gasteiger partial charge in [0.15, 0.2) is 5.65 Å². The van der Waals surface area contributed by atoms with Crippen LogP contribution in [0.2, 0.25) is 5.02 Å². The smallest absolute Gasteiger partial charge is 0.229 e. The molecule has 0 saturated carbocycles. The first-order chi connectivity index (χ1) is 17.1. The summed E-state index contributed by atoms with van der Waals surface area (Å²) in [6.45, 7) is 5.20. The SMILES string of the molecule is CC(=O)Nc1ccc(Nc2nc3c(S(=O)(=O)c4ccc(C)c(C)c4)nnn3c3ccc(Cl)cc23)cc1. The summed E-state index contributed by atoms with van der Waals surface area (Å²) in [5.74, 6) is 0.209. The number of sulfone groups is 1. The van der Waals surface area contributed by atoms with Gasteiger partial charge in [-0.1, -0.05) is 22.9 Å². The zero-order chi connectivity index (χ0) is 25.6. The lowest BCUT2D eigenvalue weighted by atomic mass is 10.1. The van der Waals surface area contributed by atoms with E-state index in [1.807, 2.05) is 13.8 Å². The number of rotatable bonds is 5. The summed E-state index contributed by atoms with van der Waals surface area (Å²) in [6.07, 6.45) is 0. The van der Waals surface area contributed by atoms with Gasteiger partial charge in [-0.25, -0.2) is 13.4 Å². The highest BCUT2D eigenvalue weighted by Crippen LogP contribution is 2.32. The standard InChI is InChI=1S/C25H21ClN6O3S/c1-14-4-10-20(12-15(14)2)36(34,35)25-24-29-23(28-19-8-6-18(7-9-19)27-16(3)33)21-13-17(26)5-11-22(21)32(24)31-30-25/h4-13H,1-3H3,(H,27,33)(H,28,29). The molecule has 36 heavy (non-hydrogen) atoms. The third kappa shape index (κ3) is 4.25. The van der Waals surface area contributed by atoms with Crippen molar-refractivity contribution >= 4 is 61.1 Å². The van der Waals surface area contributed by atoms with Crippen molar-refractivity contribution in [2.45, 2.75) is 30.7 Å². The number of anilines is 3. The van der Waals surface area contributed by atoms with Gasteiger partial charge >= 0.3 is 0 Å². The summed E-state index contributed by atoms with van der Waals surface area (Å²) < 4.78 is 28.4. The molecule has 1 amide bonds. The normalized spacial score (nSPS) is 11.7. The molecule has 9 nitrogen and oxygen atoms in total. The maximum Gasteiger partial charge on any atom is 0.229 e. The third-order valence-electron chi connectivity index (χ3n) is 5.79. The molecule has 0 fully saturated rings. The number of nitrogens with one attached hydrogen (secondary N) is 2. The van der Waals surface area contributed by atoms with Gasteiger partial charge in [0.25, 0.3) is 0 Å². The zero-order valence-electron chi connectivity index (χ0n) is 19.6. The third-order valence-corrected chi connectivity index (χ3v) is 7.67. The number of benzene rings is 3. The zero-order valence-corrected chi connectivity index (χ0v) is 21.1. The molecule has 3 aromatic carbocycles. The van der Waals surface area contributed by atoms with Crippen LogP contribution in [-0.2, 0) is 14.6 Å². The quantitative estimate of drug-likeness (QED) is 0.331. The number of hydrogen-bond donors (Lipinski definition) is 2. The van der Waals surface area contributed by atoms with Crippen LogP contribution in [-0.4, -0.2) is 34.1 Å². The van der Waals surface area contributed by atoms with Gasteiger partial charge in [-0.15, -0.1) is 5.10 Å². The monoisotopic (exact) mass is 520 g/mol. The number of halogens is 1. The molecule has 0 radical (unpaired) electrons. The fourth-order valence-corrected chi connectivity index (χ4v) is 5.30. The van der Waals surface area contributed by atoms with E-state index in [-0.39, 0.29) is 21.5 Å². The van der Waals surface area contributed by atoms with Crippen molar-refractivity contribution in [1.82, 2.24) is 19.8 Å². The lowest BCUT2D eigenvalue weighted by molar-refractivity contribution is -0.114. The van der Waals surface area contributed by atoms with Crippen LogP contribution in [0, 0.1) is 13.8 Å². The molecule has 0 aliphatic carbocycles. The molecule has 0 bridgehead atoms. The van der Waals surface area contributed by atoms with Gasteiger partial charge in [0.2, 0.25) is 20.8 Å². The Morgan fingerprint density at radius 2 is 1.67 bits per heavy atom. The first-order valence-corrected chi connectivity index (χ1v) is 12.8. The van der Waals surface area contributed by atoms with Crippen molar-refractivity contribution < 1.29 is 13.2 Å². The first kappa shape index (κ1) is 23.7. The van der Waals surface area contributed by atoms with E-state index in [1.54, 1.807) is 60.7 Å². The molecule has 0 aliphatic heterocycles. The Bertz CT molecular complexity index is 1770. The molecule has 0 aliphatic rings. The summed E-state index contributed by atoms with van der Waals surface area (Å²) in [7, 11) is -4.00. The minimum Gasteiger partial charge on any atom is -0.340 e. The van der Waals surface area contributed by atoms with Crippen LogP contribution in [0.5, 0.6) is 0 Å². The number of aryl methyl sites for hydroxylation is 2. The van der Waals surface area contributed by atoms with E-state index < -0.39 is 9.84 Å². The van der Waals surface area contributed by atoms with Crippen LogP contribution in [0.3, 0.4) is 0 Å². The Morgan fingerprint density at radius 3 is 2.36 bits per heavy atom. The Balaban J connectivity index is 1.67. The molecule has 2 heterocycles. The van der Waals surface area contributed by atoms with Crippen LogP contribution in [0.25, 0.3) is 16.6 Å². The molecular formula is C25H21ClN6O3S. The number of hydrogen-bond acceptors (Lipinski definition) is 7. The number of carbonyl (C=O) groups is 1. The van der Waals surface area contributed by atoms with Crippen molar-refractivity contribution in [2.75, 3.05) is 10.6 Å². The fourth-order valence-electron chi connectivity index (χ4n) is 3.81. The fraction of sp³-hybridized carbons (Fsp3) is 0.120. The van der Waals surface area contributed by atoms with Crippen LogP contribution < -0.4 is 10.6 Å². The molecule has 0 saturated heterocycles. The van der Waals surface area contributed by atoms with E-state index >= 15 is 0 Å². The Kier molecular flexibility index (Phi) is 5.85. The lowest BCUT2D eigenvalue weighted by Crippen LogP contribution is -2.07. The van der Waals surface area contributed by atoms with Gasteiger partial charge in [0.1, 0.15) is 5.82 Å². The Hall–Kier alpha value is -4.02.